The van der Waals surface area contributed by atoms with E-state index in [1.165, 1.54) is 24.3 Å². The number of ketones is 1. The van der Waals surface area contributed by atoms with Crippen LogP contribution in [-0.4, -0.2) is 35.2 Å². The second kappa shape index (κ2) is 9.04. The van der Waals surface area contributed by atoms with Crippen molar-refractivity contribution in [3.8, 4) is 0 Å². The molecule has 1 saturated carbocycles. The zero-order valence-corrected chi connectivity index (χ0v) is 14.4. The number of nitro groups is 1. The van der Waals surface area contributed by atoms with Crippen molar-refractivity contribution in [2.75, 3.05) is 6.61 Å². The van der Waals surface area contributed by atoms with Crippen LogP contribution < -0.4 is 10.9 Å². The van der Waals surface area contributed by atoms with Gasteiger partial charge in [-0.05, 0) is 31.9 Å². The number of Topliss-reactive ketones (excluding diaryl/α,β-unsaturated/α-hetero) is 1. The maximum absolute atomic E-state index is 12.2. The molecule has 0 aromatic heterocycles. The molecule has 0 spiro atoms. The number of amides is 1. The predicted molar refractivity (Wildman–Crippen MR) is 91.1 cm³/mol. The normalized spacial score (nSPS) is 18.0. The van der Waals surface area contributed by atoms with E-state index in [1.807, 2.05) is 0 Å². The third kappa shape index (κ3) is 4.85. The Bertz CT molecular complexity index is 688. The van der Waals surface area contributed by atoms with Crippen LogP contribution in [0.5, 0.6) is 0 Å². The molecule has 9 heteroatoms. The van der Waals surface area contributed by atoms with E-state index in [-0.39, 0.29) is 23.6 Å². The number of non-ortho nitro benzene ring substituents is 1. The Morgan fingerprint density at radius 3 is 2.58 bits per heavy atom. The third-order valence-corrected chi connectivity index (χ3v) is 4.23. The molecule has 1 aliphatic carbocycles. The van der Waals surface area contributed by atoms with E-state index in [9.17, 15) is 24.5 Å². The molecule has 0 aliphatic heterocycles. The molecule has 1 unspecified atom stereocenters. The molecule has 140 valence electrons. The smallest absolute Gasteiger partial charge is 0.325 e. The fourth-order valence-electron chi connectivity index (χ4n) is 2.87. The van der Waals surface area contributed by atoms with Crippen LogP contribution in [0.2, 0.25) is 0 Å². The number of nitrogens with one attached hydrogen (secondary N) is 2. The van der Waals surface area contributed by atoms with Gasteiger partial charge >= 0.3 is 5.97 Å². The first kappa shape index (κ1) is 19.5. The van der Waals surface area contributed by atoms with Gasteiger partial charge in [0, 0.05) is 30.0 Å². The first-order valence-electron chi connectivity index (χ1n) is 8.43. The SMILES string of the molecule is CCOC(=O)[C@H](NNC(=O)c1ccc([N+](=O)[O-])cc1)C1CCCCC1=O. The Morgan fingerprint density at radius 2 is 2.00 bits per heavy atom. The van der Waals surface area contributed by atoms with Crippen LogP contribution in [0, 0.1) is 16.0 Å². The van der Waals surface area contributed by atoms with E-state index in [0.29, 0.717) is 12.8 Å². The summed E-state index contributed by atoms with van der Waals surface area (Å²) in [6, 6.07) is 4.07. The predicted octanol–water partition coefficient (Wildman–Crippen LogP) is 1.52. The molecule has 1 amide bonds. The molecule has 0 saturated heterocycles. The number of carbonyl (C=O) groups is 3. The number of benzene rings is 1. The Hall–Kier alpha value is -2.81. The quantitative estimate of drug-likeness (QED) is 0.427. The highest BCUT2D eigenvalue weighted by atomic mass is 16.6. The van der Waals surface area contributed by atoms with Crippen molar-refractivity contribution >= 4 is 23.3 Å². The zero-order chi connectivity index (χ0) is 19.1. The van der Waals surface area contributed by atoms with Gasteiger partial charge < -0.3 is 4.74 Å². The maximum atomic E-state index is 12.2. The number of ether oxygens (including phenoxy) is 1. The molecule has 1 aromatic rings. The van der Waals surface area contributed by atoms with Gasteiger partial charge in [0.15, 0.2) is 0 Å². The lowest BCUT2D eigenvalue weighted by molar-refractivity contribution is -0.384. The average Bonchev–Trinajstić information content (AvgIpc) is 2.63. The van der Waals surface area contributed by atoms with Crippen molar-refractivity contribution in [2.24, 2.45) is 5.92 Å². The number of rotatable bonds is 7. The van der Waals surface area contributed by atoms with Crippen molar-refractivity contribution in [3.05, 3.63) is 39.9 Å². The average molecular weight is 363 g/mol. The van der Waals surface area contributed by atoms with E-state index in [4.69, 9.17) is 4.74 Å². The van der Waals surface area contributed by atoms with Gasteiger partial charge in [-0.15, -0.1) is 0 Å². The highest BCUT2D eigenvalue weighted by Gasteiger charge is 2.36. The molecular weight excluding hydrogens is 342 g/mol. The number of esters is 1. The van der Waals surface area contributed by atoms with Gasteiger partial charge in [-0.1, -0.05) is 6.42 Å². The van der Waals surface area contributed by atoms with Crippen LogP contribution in [0.4, 0.5) is 5.69 Å². The van der Waals surface area contributed by atoms with Gasteiger partial charge in [0.25, 0.3) is 11.6 Å². The molecular formula is C17H21N3O6. The highest BCUT2D eigenvalue weighted by molar-refractivity contribution is 5.94. The largest absolute Gasteiger partial charge is 0.465 e. The Balaban J connectivity index is 2.05. The van der Waals surface area contributed by atoms with Crippen LogP contribution in [0.1, 0.15) is 43.0 Å². The van der Waals surface area contributed by atoms with E-state index in [0.717, 1.165) is 12.8 Å². The summed E-state index contributed by atoms with van der Waals surface area (Å²) in [6.45, 7) is 1.82. The van der Waals surface area contributed by atoms with E-state index in [1.54, 1.807) is 6.92 Å². The maximum Gasteiger partial charge on any atom is 0.325 e. The summed E-state index contributed by atoms with van der Waals surface area (Å²) in [4.78, 5) is 46.6. The molecule has 9 nitrogen and oxygen atoms in total. The Labute approximate surface area is 150 Å². The molecule has 0 heterocycles. The highest BCUT2D eigenvalue weighted by Crippen LogP contribution is 2.24. The van der Waals surface area contributed by atoms with Crippen molar-refractivity contribution < 1.29 is 24.0 Å². The van der Waals surface area contributed by atoms with Crippen LogP contribution in [0.25, 0.3) is 0 Å². The van der Waals surface area contributed by atoms with Gasteiger partial charge in [-0.2, -0.15) is 0 Å². The van der Waals surface area contributed by atoms with Crippen LogP contribution in [-0.2, 0) is 14.3 Å². The third-order valence-electron chi connectivity index (χ3n) is 4.23. The Morgan fingerprint density at radius 1 is 1.31 bits per heavy atom. The molecule has 2 N–H and O–H groups in total. The first-order chi connectivity index (χ1) is 12.4. The minimum atomic E-state index is -0.968. The van der Waals surface area contributed by atoms with Gasteiger partial charge in [0.2, 0.25) is 0 Å². The minimum Gasteiger partial charge on any atom is -0.465 e. The number of nitro benzene ring substituents is 1. The van der Waals surface area contributed by atoms with E-state index < -0.39 is 28.8 Å². The molecule has 2 rings (SSSR count). The fourth-order valence-corrected chi connectivity index (χ4v) is 2.87. The second-order valence-corrected chi connectivity index (χ2v) is 5.95. The summed E-state index contributed by atoms with van der Waals surface area (Å²) in [6.07, 6.45) is 2.56. The lowest BCUT2D eigenvalue weighted by Crippen LogP contribution is -2.54. The number of nitrogens with zero attached hydrogens (tertiary/aromatic N) is 1. The number of hydrogen-bond donors (Lipinski definition) is 2. The van der Waals surface area contributed by atoms with Crippen LogP contribution in [0.15, 0.2) is 24.3 Å². The van der Waals surface area contributed by atoms with Crippen molar-refractivity contribution in [2.45, 2.75) is 38.6 Å². The molecule has 0 bridgehead atoms. The van der Waals surface area contributed by atoms with Crippen molar-refractivity contribution in [1.82, 2.24) is 10.9 Å². The minimum absolute atomic E-state index is 0.0358. The number of hydrogen-bond acceptors (Lipinski definition) is 7. The summed E-state index contributed by atoms with van der Waals surface area (Å²) in [5.41, 5.74) is 5.05. The lowest BCUT2D eigenvalue weighted by atomic mass is 9.83. The van der Waals surface area contributed by atoms with Gasteiger partial charge in [-0.3, -0.25) is 29.9 Å². The summed E-state index contributed by atoms with van der Waals surface area (Å²) in [5.74, 6) is -1.76. The monoisotopic (exact) mass is 363 g/mol. The standard InChI is InChI=1S/C17H21N3O6/c1-2-26-17(23)15(13-5-3-4-6-14(13)21)18-19-16(22)11-7-9-12(10-8-11)20(24)25/h7-10,13,15,18H,2-6H2,1H3,(H,19,22)/t13?,15-/m1/s1. The van der Waals surface area contributed by atoms with Crippen LogP contribution in [0.3, 0.4) is 0 Å². The molecule has 1 aliphatic rings. The topological polar surface area (TPSA) is 128 Å². The van der Waals surface area contributed by atoms with Gasteiger partial charge in [0.1, 0.15) is 11.8 Å². The second-order valence-electron chi connectivity index (χ2n) is 5.95. The zero-order valence-electron chi connectivity index (χ0n) is 14.4. The summed E-state index contributed by atoms with van der Waals surface area (Å²) in [7, 11) is 0. The fraction of sp³-hybridized carbons (Fsp3) is 0.471. The van der Waals surface area contributed by atoms with E-state index in [2.05, 4.69) is 10.9 Å². The number of hydrazine groups is 1. The summed E-state index contributed by atoms with van der Waals surface area (Å²) in [5, 5.41) is 10.6. The number of carbonyl (C=O) groups excluding carboxylic acids is 3. The van der Waals surface area contributed by atoms with Crippen molar-refractivity contribution in [1.29, 1.82) is 0 Å². The van der Waals surface area contributed by atoms with Gasteiger partial charge in [-0.25, -0.2) is 5.43 Å². The first-order valence-corrected chi connectivity index (χ1v) is 8.43. The Kier molecular flexibility index (Phi) is 6.79. The van der Waals surface area contributed by atoms with Crippen LogP contribution >= 0.6 is 0 Å². The lowest BCUT2D eigenvalue weighted by Gasteiger charge is -2.28. The molecule has 1 fully saturated rings. The summed E-state index contributed by atoms with van der Waals surface area (Å²) < 4.78 is 5.01. The molecule has 2 atom stereocenters. The molecule has 26 heavy (non-hydrogen) atoms. The van der Waals surface area contributed by atoms with Gasteiger partial charge in [0.05, 0.1) is 11.5 Å². The van der Waals surface area contributed by atoms with Crippen molar-refractivity contribution in [3.63, 3.8) is 0 Å². The van der Waals surface area contributed by atoms with E-state index >= 15 is 0 Å². The summed E-state index contributed by atoms with van der Waals surface area (Å²) >= 11 is 0. The molecule has 0 radical (unpaired) electrons. The molecule has 1 aromatic carbocycles.